The predicted molar refractivity (Wildman–Crippen MR) is 80.6 cm³/mol. The van der Waals surface area contributed by atoms with E-state index >= 15 is 0 Å². The maximum absolute atomic E-state index is 8.49. The van der Waals surface area contributed by atoms with Crippen LogP contribution in [0.15, 0.2) is 24.3 Å². The van der Waals surface area contributed by atoms with Crippen LogP contribution in [-0.2, 0) is 0 Å². The summed E-state index contributed by atoms with van der Waals surface area (Å²) in [6.45, 7) is 0.589. The molecule has 0 aliphatic heterocycles. The van der Waals surface area contributed by atoms with E-state index in [1.807, 2.05) is 18.2 Å². The number of rotatable bonds is 6. The molecule has 0 radical (unpaired) electrons. The van der Waals surface area contributed by atoms with Crippen LogP contribution in [0.2, 0.25) is 0 Å². The van der Waals surface area contributed by atoms with Crippen molar-refractivity contribution in [3.05, 3.63) is 24.3 Å². The lowest BCUT2D eigenvalue weighted by molar-refractivity contribution is 0.313. The number of anilines is 1. The molecule has 4 nitrogen and oxygen atoms in total. The van der Waals surface area contributed by atoms with E-state index < -0.39 is 0 Å². The number of ether oxygens (including phenoxy) is 1. The maximum atomic E-state index is 8.49. The highest BCUT2D eigenvalue weighted by Crippen LogP contribution is 2.23. The molecule has 0 aromatic heterocycles. The SMILES string of the molecule is N#CCCCOc1cccc(NC2CCCC(N)C2)c1. The van der Waals surface area contributed by atoms with Crippen LogP contribution in [-0.4, -0.2) is 18.7 Å². The van der Waals surface area contributed by atoms with E-state index in [0.717, 1.165) is 30.7 Å². The Morgan fingerprint density at radius 1 is 1.40 bits per heavy atom. The van der Waals surface area contributed by atoms with Crippen LogP contribution >= 0.6 is 0 Å². The Labute approximate surface area is 120 Å². The van der Waals surface area contributed by atoms with Crippen molar-refractivity contribution in [3.8, 4) is 11.8 Å². The third-order valence-corrected chi connectivity index (χ3v) is 3.62. The van der Waals surface area contributed by atoms with Gasteiger partial charge in [0.1, 0.15) is 5.75 Å². The van der Waals surface area contributed by atoms with Crippen molar-refractivity contribution in [3.63, 3.8) is 0 Å². The first-order valence-corrected chi connectivity index (χ1v) is 7.40. The highest BCUT2D eigenvalue weighted by Gasteiger charge is 2.18. The number of nitriles is 1. The first-order chi connectivity index (χ1) is 9.78. The van der Waals surface area contributed by atoms with E-state index in [-0.39, 0.29) is 0 Å². The minimum atomic E-state index is 0.326. The number of hydrogen-bond acceptors (Lipinski definition) is 4. The molecule has 1 aromatic rings. The molecule has 4 heteroatoms. The second kappa shape index (κ2) is 7.76. The molecule has 20 heavy (non-hydrogen) atoms. The van der Waals surface area contributed by atoms with E-state index in [2.05, 4.69) is 17.5 Å². The number of nitrogens with two attached hydrogens (primary N) is 1. The normalized spacial score (nSPS) is 22.0. The van der Waals surface area contributed by atoms with Gasteiger partial charge in [-0.3, -0.25) is 0 Å². The van der Waals surface area contributed by atoms with Gasteiger partial charge in [0.15, 0.2) is 0 Å². The molecule has 0 spiro atoms. The lowest BCUT2D eigenvalue weighted by atomic mass is 9.91. The van der Waals surface area contributed by atoms with Crippen LogP contribution < -0.4 is 15.8 Å². The Morgan fingerprint density at radius 3 is 3.10 bits per heavy atom. The number of benzene rings is 1. The summed E-state index contributed by atoms with van der Waals surface area (Å²) in [7, 11) is 0. The molecule has 2 atom stereocenters. The molecular weight excluding hydrogens is 250 g/mol. The predicted octanol–water partition coefficient (Wildman–Crippen LogP) is 3.05. The first kappa shape index (κ1) is 14.7. The molecule has 0 amide bonds. The highest BCUT2D eigenvalue weighted by molar-refractivity contribution is 5.48. The van der Waals surface area contributed by atoms with Gasteiger partial charge >= 0.3 is 0 Å². The molecule has 1 saturated carbocycles. The van der Waals surface area contributed by atoms with Crippen LogP contribution in [0, 0.1) is 11.3 Å². The zero-order valence-corrected chi connectivity index (χ0v) is 11.8. The van der Waals surface area contributed by atoms with Crippen LogP contribution in [0.1, 0.15) is 38.5 Å². The van der Waals surface area contributed by atoms with Crippen molar-refractivity contribution in [2.75, 3.05) is 11.9 Å². The molecule has 1 aliphatic carbocycles. The number of nitrogens with one attached hydrogen (secondary N) is 1. The summed E-state index contributed by atoms with van der Waals surface area (Å²) >= 11 is 0. The smallest absolute Gasteiger partial charge is 0.121 e. The monoisotopic (exact) mass is 273 g/mol. The van der Waals surface area contributed by atoms with Crippen molar-refractivity contribution in [2.24, 2.45) is 5.73 Å². The Kier molecular flexibility index (Phi) is 5.69. The van der Waals surface area contributed by atoms with E-state index in [9.17, 15) is 0 Å². The van der Waals surface area contributed by atoms with Crippen molar-refractivity contribution in [1.82, 2.24) is 0 Å². The minimum Gasteiger partial charge on any atom is -0.493 e. The molecule has 1 fully saturated rings. The molecule has 108 valence electrons. The minimum absolute atomic E-state index is 0.326. The van der Waals surface area contributed by atoms with Crippen molar-refractivity contribution in [1.29, 1.82) is 5.26 Å². The van der Waals surface area contributed by atoms with E-state index in [0.29, 0.717) is 25.1 Å². The highest BCUT2D eigenvalue weighted by atomic mass is 16.5. The van der Waals surface area contributed by atoms with E-state index in [4.69, 9.17) is 15.7 Å². The van der Waals surface area contributed by atoms with Gasteiger partial charge in [0.2, 0.25) is 0 Å². The molecule has 2 rings (SSSR count). The number of hydrogen-bond donors (Lipinski definition) is 2. The second-order valence-corrected chi connectivity index (χ2v) is 5.41. The molecule has 2 unspecified atom stereocenters. The third kappa shape index (κ3) is 4.75. The topological polar surface area (TPSA) is 71.1 Å². The zero-order chi connectivity index (χ0) is 14.2. The van der Waals surface area contributed by atoms with Gasteiger partial charge in [0, 0.05) is 30.3 Å². The fraction of sp³-hybridized carbons (Fsp3) is 0.562. The van der Waals surface area contributed by atoms with Crippen LogP contribution in [0.25, 0.3) is 0 Å². The Bertz CT molecular complexity index is 455. The Balaban J connectivity index is 1.84. The molecule has 0 saturated heterocycles. The third-order valence-electron chi connectivity index (χ3n) is 3.62. The molecule has 0 bridgehead atoms. The van der Waals surface area contributed by atoms with Crippen LogP contribution in [0.5, 0.6) is 5.75 Å². The van der Waals surface area contributed by atoms with E-state index in [1.54, 1.807) is 0 Å². The molecule has 0 heterocycles. The van der Waals surface area contributed by atoms with Gasteiger partial charge < -0.3 is 15.8 Å². The molecule has 1 aromatic carbocycles. The zero-order valence-electron chi connectivity index (χ0n) is 11.8. The fourth-order valence-corrected chi connectivity index (χ4v) is 2.61. The number of nitrogens with zero attached hydrogens (tertiary/aromatic N) is 1. The average molecular weight is 273 g/mol. The molecule has 3 N–H and O–H groups in total. The Hall–Kier alpha value is -1.73. The van der Waals surface area contributed by atoms with Crippen LogP contribution in [0.4, 0.5) is 5.69 Å². The summed E-state index contributed by atoms with van der Waals surface area (Å²) in [5.74, 6) is 0.855. The quantitative estimate of drug-likeness (QED) is 0.781. The van der Waals surface area contributed by atoms with Crippen molar-refractivity contribution >= 4 is 5.69 Å². The summed E-state index contributed by atoms with van der Waals surface area (Å²) in [5, 5.41) is 12.0. The van der Waals surface area contributed by atoms with Gasteiger partial charge in [0.05, 0.1) is 12.7 Å². The lowest BCUT2D eigenvalue weighted by Gasteiger charge is -2.28. The molecule has 1 aliphatic rings. The average Bonchev–Trinajstić information content (AvgIpc) is 2.44. The van der Waals surface area contributed by atoms with Gasteiger partial charge in [-0.2, -0.15) is 5.26 Å². The maximum Gasteiger partial charge on any atom is 0.121 e. The van der Waals surface area contributed by atoms with Crippen LogP contribution in [0.3, 0.4) is 0 Å². The van der Waals surface area contributed by atoms with E-state index in [1.165, 1.54) is 12.8 Å². The van der Waals surface area contributed by atoms with Gasteiger partial charge in [0.25, 0.3) is 0 Å². The van der Waals surface area contributed by atoms with Gasteiger partial charge in [-0.1, -0.05) is 6.07 Å². The summed E-state index contributed by atoms with van der Waals surface area (Å²) in [6.07, 6.45) is 5.86. The summed E-state index contributed by atoms with van der Waals surface area (Å²) < 4.78 is 5.64. The summed E-state index contributed by atoms with van der Waals surface area (Å²) in [5.41, 5.74) is 7.10. The lowest BCUT2D eigenvalue weighted by Crippen LogP contribution is -2.34. The summed E-state index contributed by atoms with van der Waals surface area (Å²) in [6, 6.07) is 10.9. The molecular formula is C16H23N3O. The van der Waals surface area contributed by atoms with Crippen molar-refractivity contribution < 1.29 is 4.74 Å². The standard InChI is InChI=1S/C16H23N3O/c17-9-1-2-10-20-16-8-4-7-15(12-16)19-14-6-3-5-13(18)11-14/h4,7-8,12-14,19H,1-3,5-6,10-11,18H2. The summed E-state index contributed by atoms with van der Waals surface area (Å²) in [4.78, 5) is 0. The second-order valence-electron chi connectivity index (χ2n) is 5.41. The number of unbranched alkanes of at least 4 members (excludes halogenated alkanes) is 1. The fourth-order valence-electron chi connectivity index (χ4n) is 2.61. The van der Waals surface area contributed by atoms with Gasteiger partial charge in [-0.05, 0) is 44.2 Å². The van der Waals surface area contributed by atoms with Crippen molar-refractivity contribution in [2.45, 2.75) is 50.6 Å². The Morgan fingerprint density at radius 2 is 2.30 bits per heavy atom. The van der Waals surface area contributed by atoms with Gasteiger partial charge in [-0.25, -0.2) is 0 Å². The first-order valence-electron chi connectivity index (χ1n) is 7.40. The van der Waals surface area contributed by atoms with Gasteiger partial charge in [-0.15, -0.1) is 0 Å². The largest absolute Gasteiger partial charge is 0.493 e.